The molecule has 2 atom stereocenters. The number of carbonyl (C=O) groups is 3. The number of hydrogen-bond acceptors (Lipinski definition) is 3. The molecule has 0 amide bonds. The number of carboxylic acids is 2. The first-order valence-corrected chi connectivity index (χ1v) is 6.90. The van der Waals surface area contributed by atoms with Crippen molar-refractivity contribution in [2.45, 2.75) is 58.3 Å². The molecule has 2 aliphatic carbocycles. The van der Waals surface area contributed by atoms with Gasteiger partial charge in [0.25, 0.3) is 0 Å². The molecule has 5 heteroatoms. The Morgan fingerprint density at radius 1 is 0.842 bits per heavy atom. The topological polar surface area (TPSA) is 91.7 Å². The minimum Gasteiger partial charge on any atom is -0.481 e. The molecule has 0 aromatic rings. The van der Waals surface area contributed by atoms with Crippen LogP contribution in [0.3, 0.4) is 0 Å². The highest BCUT2D eigenvalue weighted by molar-refractivity contribution is 5.80. The first-order valence-electron chi connectivity index (χ1n) is 6.90. The fourth-order valence-corrected chi connectivity index (χ4v) is 1.97. The highest BCUT2D eigenvalue weighted by atomic mass is 16.4. The van der Waals surface area contributed by atoms with E-state index in [0.29, 0.717) is 12.8 Å². The van der Waals surface area contributed by atoms with Gasteiger partial charge in [0.05, 0.1) is 11.8 Å². The zero-order valence-corrected chi connectivity index (χ0v) is 11.5. The van der Waals surface area contributed by atoms with Crippen molar-refractivity contribution in [3.05, 3.63) is 0 Å². The van der Waals surface area contributed by atoms with Crippen molar-refractivity contribution in [2.75, 3.05) is 0 Å². The minimum atomic E-state index is -0.970. The Hall–Kier alpha value is -1.39. The summed E-state index contributed by atoms with van der Waals surface area (Å²) in [5.41, 5.74) is 0. The molecule has 0 aliphatic heterocycles. The third-order valence-corrected chi connectivity index (χ3v) is 3.40. The summed E-state index contributed by atoms with van der Waals surface area (Å²) in [6.45, 7) is 1.44. The van der Waals surface area contributed by atoms with E-state index in [0.717, 1.165) is 19.1 Å². The van der Waals surface area contributed by atoms with Crippen LogP contribution in [0.25, 0.3) is 0 Å². The molecule has 0 radical (unpaired) electrons. The molecular weight excluding hydrogens is 248 g/mol. The van der Waals surface area contributed by atoms with Gasteiger partial charge < -0.3 is 15.0 Å². The Morgan fingerprint density at radius 3 is 1.26 bits per heavy atom. The Kier molecular flexibility index (Phi) is 9.75. The third-order valence-electron chi connectivity index (χ3n) is 3.40. The number of hydrogen-bond donors (Lipinski definition) is 2. The van der Waals surface area contributed by atoms with Crippen LogP contribution in [0.15, 0.2) is 0 Å². The molecule has 2 unspecified atom stereocenters. The number of aldehydes is 1. The number of carbonyl (C=O) groups excluding carboxylic acids is 1. The predicted molar refractivity (Wildman–Crippen MR) is 70.9 cm³/mol. The molecule has 0 aromatic carbocycles. The zero-order valence-electron chi connectivity index (χ0n) is 11.5. The normalized spacial score (nSPS) is 24.5. The quantitative estimate of drug-likeness (QED) is 0.754. The SMILES string of the molecule is C1CCC1.CC=O.O=C(O)C1CCCCC1C(=O)O. The second kappa shape index (κ2) is 10.5. The highest BCUT2D eigenvalue weighted by Gasteiger charge is 2.35. The molecule has 0 heterocycles. The summed E-state index contributed by atoms with van der Waals surface area (Å²) >= 11 is 0. The smallest absolute Gasteiger partial charge is 0.307 e. The van der Waals surface area contributed by atoms with Crippen LogP contribution in [-0.2, 0) is 14.4 Å². The van der Waals surface area contributed by atoms with Crippen molar-refractivity contribution in [1.29, 1.82) is 0 Å². The summed E-state index contributed by atoms with van der Waals surface area (Å²) in [6.07, 6.45) is 9.43. The second-order valence-corrected chi connectivity index (χ2v) is 4.82. The van der Waals surface area contributed by atoms with Crippen molar-refractivity contribution in [2.24, 2.45) is 11.8 Å². The molecule has 2 rings (SSSR count). The van der Waals surface area contributed by atoms with E-state index in [4.69, 9.17) is 15.0 Å². The van der Waals surface area contributed by atoms with Crippen molar-refractivity contribution in [3.8, 4) is 0 Å². The predicted octanol–water partition coefficient (Wildman–Crippen LogP) is 2.73. The average molecular weight is 272 g/mol. The number of aliphatic carboxylic acids is 2. The molecule has 2 aliphatic rings. The van der Waals surface area contributed by atoms with E-state index in [2.05, 4.69) is 0 Å². The van der Waals surface area contributed by atoms with Gasteiger partial charge in [-0.25, -0.2) is 0 Å². The van der Waals surface area contributed by atoms with Gasteiger partial charge in [-0.05, 0) is 19.8 Å². The van der Waals surface area contributed by atoms with Gasteiger partial charge in [0.2, 0.25) is 0 Å². The van der Waals surface area contributed by atoms with E-state index < -0.39 is 23.8 Å². The van der Waals surface area contributed by atoms with Gasteiger partial charge in [-0.1, -0.05) is 38.5 Å². The van der Waals surface area contributed by atoms with Gasteiger partial charge in [-0.2, -0.15) is 0 Å². The van der Waals surface area contributed by atoms with Gasteiger partial charge in [0.15, 0.2) is 0 Å². The zero-order chi connectivity index (χ0) is 14.7. The highest BCUT2D eigenvalue weighted by Crippen LogP contribution is 2.30. The molecule has 0 bridgehead atoms. The average Bonchev–Trinajstić information content (AvgIpc) is 2.27. The number of rotatable bonds is 2. The van der Waals surface area contributed by atoms with Crippen LogP contribution in [-0.4, -0.2) is 28.4 Å². The van der Waals surface area contributed by atoms with Crippen molar-refractivity contribution in [1.82, 2.24) is 0 Å². The van der Waals surface area contributed by atoms with Crippen LogP contribution in [0.5, 0.6) is 0 Å². The first kappa shape index (κ1) is 17.6. The summed E-state index contributed by atoms with van der Waals surface area (Å²) in [5.74, 6) is -3.28. The lowest BCUT2D eigenvalue weighted by Crippen LogP contribution is -2.32. The lowest BCUT2D eigenvalue weighted by molar-refractivity contribution is -0.155. The summed E-state index contributed by atoms with van der Waals surface area (Å²) in [5, 5.41) is 17.4. The van der Waals surface area contributed by atoms with Crippen molar-refractivity contribution in [3.63, 3.8) is 0 Å². The van der Waals surface area contributed by atoms with Gasteiger partial charge in [-0.15, -0.1) is 0 Å². The molecule has 5 nitrogen and oxygen atoms in total. The fourth-order valence-electron chi connectivity index (χ4n) is 1.97. The lowest BCUT2D eigenvalue weighted by Gasteiger charge is -2.24. The van der Waals surface area contributed by atoms with Crippen LogP contribution in [0.2, 0.25) is 0 Å². The summed E-state index contributed by atoms with van der Waals surface area (Å²) in [7, 11) is 0. The molecule has 0 aromatic heterocycles. The van der Waals surface area contributed by atoms with E-state index in [1.165, 1.54) is 32.6 Å². The van der Waals surface area contributed by atoms with E-state index in [9.17, 15) is 9.59 Å². The Labute approximate surface area is 114 Å². The lowest BCUT2D eigenvalue weighted by atomic mass is 9.79. The van der Waals surface area contributed by atoms with Crippen molar-refractivity contribution >= 4 is 18.2 Å². The molecular formula is C14H24O5. The maximum Gasteiger partial charge on any atom is 0.307 e. The van der Waals surface area contributed by atoms with E-state index in [1.807, 2.05) is 0 Å². The van der Waals surface area contributed by atoms with E-state index in [-0.39, 0.29) is 0 Å². The molecule has 110 valence electrons. The molecule has 19 heavy (non-hydrogen) atoms. The molecule has 2 fully saturated rings. The fraction of sp³-hybridized carbons (Fsp3) is 0.786. The first-order chi connectivity index (χ1) is 9.04. The Morgan fingerprint density at radius 2 is 1.11 bits per heavy atom. The van der Waals surface area contributed by atoms with Gasteiger partial charge >= 0.3 is 11.9 Å². The summed E-state index contributed by atoms with van der Waals surface area (Å²) in [4.78, 5) is 30.0. The monoisotopic (exact) mass is 272 g/mol. The maximum absolute atomic E-state index is 10.6. The van der Waals surface area contributed by atoms with Gasteiger partial charge in [0, 0.05) is 0 Å². The van der Waals surface area contributed by atoms with Crippen LogP contribution >= 0.6 is 0 Å². The van der Waals surface area contributed by atoms with E-state index >= 15 is 0 Å². The van der Waals surface area contributed by atoms with Crippen LogP contribution in [0.1, 0.15) is 58.3 Å². The Bertz CT molecular complexity index is 258. The Balaban J connectivity index is 0.000000379. The molecule has 0 saturated heterocycles. The molecule has 0 spiro atoms. The van der Waals surface area contributed by atoms with E-state index in [1.54, 1.807) is 0 Å². The molecule has 2 saturated carbocycles. The number of carboxylic acid groups (broad SMARTS) is 2. The summed E-state index contributed by atoms with van der Waals surface area (Å²) in [6, 6.07) is 0. The molecule has 2 N–H and O–H groups in total. The van der Waals surface area contributed by atoms with Crippen LogP contribution < -0.4 is 0 Å². The third kappa shape index (κ3) is 7.59. The summed E-state index contributed by atoms with van der Waals surface area (Å²) < 4.78 is 0. The maximum atomic E-state index is 10.6. The van der Waals surface area contributed by atoms with Crippen LogP contribution in [0.4, 0.5) is 0 Å². The van der Waals surface area contributed by atoms with Gasteiger partial charge in [0.1, 0.15) is 6.29 Å². The second-order valence-electron chi connectivity index (χ2n) is 4.82. The minimum absolute atomic E-state index is 0.506. The van der Waals surface area contributed by atoms with Crippen LogP contribution in [0, 0.1) is 11.8 Å². The van der Waals surface area contributed by atoms with Crippen molar-refractivity contribution < 1.29 is 24.6 Å². The standard InChI is InChI=1S/C8H12O4.C4H8.C2H4O/c9-7(10)5-3-1-2-4-6(5)8(11)12;1-2-4-3-1;1-2-3/h5-6H,1-4H2,(H,9,10)(H,11,12);1-4H2;2H,1H3. The van der Waals surface area contributed by atoms with Gasteiger partial charge in [-0.3, -0.25) is 9.59 Å². The largest absolute Gasteiger partial charge is 0.481 e.